The Labute approximate surface area is 254 Å². The quantitative estimate of drug-likeness (QED) is 0.279. The highest BCUT2D eigenvalue weighted by atomic mass is 19.4. The van der Waals surface area contributed by atoms with Gasteiger partial charge in [0, 0.05) is 29.7 Å². The average Bonchev–Trinajstić information content (AvgIpc) is 3.68. The van der Waals surface area contributed by atoms with Gasteiger partial charge in [-0.2, -0.15) is 13.2 Å². The van der Waals surface area contributed by atoms with E-state index in [-0.39, 0.29) is 23.2 Å². The minimum Gasteiger partial charge on any atom is -0.382 e. The van der Waals surface area contributed by atoms with E-state index in [1.165, 1.54) is 25.0 Å². The Morgan fingerprint density at radius 2 is 1.68 bits per heavy atom. The number of aryl methyl sites for hydroxylation is 1. The number of pyridine rings is 1. The largest absolute Gasteiger partial charge is 0.433 e. The zero-order valence-electron chi connectivity index (χ0n) is 24.5. The third kappa shape index (κ3) is 6.03. The third-order valence-electron chi connectivity index (χ3n) is 9.52. The van der Waals surface area contributed by atoms with Gasteiger partial charge in [0.05, 0.1) is 17.5 Å². The molecule has 3 aromatic rings. The highest BCUT2D eigenvalue weighted by molar-refractivity contribution is 5.98. The van der Waals surface area contributed by atoms with Gasteiger partial charge >= 0.3 is 6.18 Å². The number of fused-ring (bicyclic) bond motifs is 1. The number of nitrogens with one attached hydrogen (secondary N) is 2. The Hall–Kier alpha value is -3.95. The molecule has 1 unspecified atom stereocenters. The smallest absolute Gasteiger partial charge is 0.382 e. The molecule has 6 rings (SSSR count). The van der Waals surface area contributed by atoms with Crippen molar-refractivity contribution in [2.75, 3.05) is 10.6 Å². The number of amides is 2. The molecule has 2 saturated carbocycles. The monoisotopic (exact) mass is 608 g/mol. The molecule has 232 valence electrons. The van der Waals surface area contributed by atoms with E-state index in [1.54, 1.807) is 24.0 Å². The summed E-state index contributed by atoms with van der Waals surface area (Å²) < 4.78 is 55.3. The van der Waals surface area contributed by atoms with Gasteiger partial charge in [-0.1, -0.05) is 43.5 Å². The van der Waals surface area contributed by atoms with Crippen molar-refractivity contribution in [1.29, 1.82) is 0 Å². The summed E-state index contributed by atoms with van der Waals surface area (Å²) in [7, 11) is 0. The number of carbonyl (C=O) groups excluding carboxylic acids is 2. The summed E-state index contributed by atoms with van der Waals surface area (Å²) in [5, 5.41) is 6.24. The number of alkyl halides is 3. The molecule has 2 heterocycles. The van der Waals surface area contributed by atoms with Crippen molar-refractivity contribution >= 4 is 23.2 Å². The summed E-state index contributed by atoms with van der Waals surface area (Å²) in [6.45, 7) is 1.69. The minimum atomic E-state index is -4.67. The van der Waals surface area contributed by atoms with Crippen LogP contribution in [0.4, 0.5) is 28.9 Å². The molecule has 2 amide bonds. The maximum absolute atomic E-state index is 15.2. The summed E-state index contributed by atoms with van der Waals surface area (Å²) >= 11 is 0. The third-order valence-corrected chi connectivity index (χ3v) is 9.52. The molecule has 4 atom stereocenters. The van der Waals surface area contributed by atoms with Gasteiger partial charge in [-0.3, -0.25) is 14.6 Å². The van der Waals surface area contributed by atoms with Crippen LogP contribution >= 0.6 is 0 Å². The van der Waals surface area contributed by atoms with Gasteiger partial charge < -0.3 is 15.5 Å². The first-order valence-corrected chi connectivity index (χ1v) is 15.4. The van der Waals surface area contributed by atoms with Gasteiger partial charge in [-0.05, 0) is 86.4 Å². The summed E-state index contributed by atoms with van der Waals surface area (Å²) in [5.41, 5.74) is 1.01. The number of benzene rings is 2. The lowest BCUT2D eigenvalue weighted by atomic mass is 9.76. The highest BCUT2D eigenvalue weighted by Gasteiger charge is 2.50. The van der Waals surface area contributed by atoms with Crippen LogP contribution in [0.25, 0.3) is 0 Å². The maximum Gasteiger partial charge on any atom is 0.433 e. The first-order valence-electron chi connectivity index (χ1n) is 15.4. The van der Waals surface area contributed by atoms with Crippen molar-refractivity contribution in [3.05, 3.63) is 89.0 Å². The van der Waals surface area contributed by atoms with Crippen LogP contribution in [0.1, 0.15) is 84.6 Å². The molecular formula is C34H36F4N4O2. The summed E-state index contributed by atoms with van der Waals surface area (Å²) in [6.07, 6.45) is 3.78. The van der Waals surface area contributed by atoms with E-state index < -0.39 is 41.5 Å². The van der Waals surface area contributed by atoms with Crippen LogP contribution in [0.5, 0.6) is 0 Å². The number of anilines is 2. The fraction of sp³-hybridized carbons (Fsp3) is 0.441. The van der Waals surface area contributed by atoms with Crippen LogP contribution in [0.2, 0.25) is 0 Å². The first-order chi connectivity index (χ1) is 21.1. The average molecular weight is 609 g/mol. The van der Waals surface area contributed by atoms with Gasteiger partial charge in [-0.15, -0.1) is 0 Å². The Bertz CT molecular complexity index is 1500. The fourth-order valence-electron chi connectivity index (χ4n) is 7.45. The number of carbonyl (C=O) groups is 2. The maximum atomic E-state index is 15.2. The number of hydrogen-bond acceptors (Lipinski definition) is 4. The van der Waals surface area contributed by atoms with E-state index in [4.69, 9.17) is 0 Å². The number of rotatable bonds is 6. The molecule has 3 aliphatic rings. The molecule has 1 aliphatic heterocycles. The predicted octanol–water partition coefficient (Wildman–Crippen LogP) is 7.91. The second-order valence-electron chi connectivity index (χ2n) is 12.4. The van der Waals surface area contributed by atoms with E-state index in [1.807, 2.05) is 24.3 Å². The number of hydrogen-bond donors (Lipinski definition) is 2. The summed E-state index contributed by atoms with van der Waals surface area (Å²) in [6, 6.07) is 13.8. The zero-order valence-corrected chi connectivity index (χ0v) is 24.5. The van der Waals surface area contributed by atoms with Crippen LogP contribution in [0, 0.1) is 24.6 Å². The van der Waals surface area contributed by atoms with Gasteiger partial charge in [0.1, 0.15) is 11.5 Å². The van der Waals surface area contributed by atoms with Gasteiger partial charge in [-0.25, -0.2) is 4.39 Å². The van der Waals surface area contributed by atoms with Crippen molar-refractivity contribution in [3.8, 4) is 0 Å². The molecule has 10 heteroatoms. The van der Waals surface area contributed by atoms with Crippen molar-refractivity contribution in [1.82, 2.24) is 9.88 Å². The number of piperidine rings is 1. The number of nitrogens with zero attached hydrogens (tertiary/aromatic N) is 2. The van der Waals surface area contributed by atoms with Crippen LogP contribution < -0.4 is 10.6 Å². The van der Waals surface area contributed by atoms with Gasteiger partial charge in [0.2, 0.25) is 5.91 Å². The first kappa shape index (κ1) is 30.1. The molecule has 44 heavy (non-hydrogen) atoms. The molecule has 1 saturated heterocycles. The molecule has 0 spiro atoms. The molecule has 3 fully saturated rings. The van der Waals surface area contributed by atoms with E-state index >= 15 is 4.39 Å². The fourth-order valence-corrected chi connectivity index (χ4v) is 7.45. The van der Waals surface area contributed by atoms with Gasteiger partial charge in [0.25, 0.3) is 5.91 Å². The number of halogens is 4. The lowest BCUT2D eigenvalue weighted by molar-refractivity contribution is -0.141. The Kier molecular flexibility index (Phi) is 8.35. The van der Waals surface area contributed by atoms with E-state index in [0.717, 1.165) is 55.6 Å². The highest BCUT2D eigenvalue weighted by Crippen LogP contribution is 2.49. The lowest BCUT2D eigenvalue weighted by Gasteiger charge is -2.48. The van der Waals surface area contributed by atoms with Crippen LogP contribution in [-0.2, 0) is 11.0 Å². The van der Waals surface area contributed by atoms with Crippen LogP contribution in [-0.4, -0.2) is 33.8 Å². The van der Waals surface area contributed by atoms with E-state index in [9.17, 15) is 22.8 Å². The minimum absolute atomic E-state index is 0.00418. The second-order valence-corrected chi connectivity index (χ2v) is 12.4. The van der Waals surface area contributed by atoms with Crippen molar-refractivity contribution in [2.24, 2.45) is 11.8 Å². The Morgan fingerprint density at radius 1 is 0.932 bits per heavy atom. The number of aromatic nitrogens is 1. The molecular weight excluding hydrogens is 572 g/mol. The molecule has 0 bridgehead atoms. The lowest BCUT2D eigenvalue weighted by Crippen LogP contribution is -2.54. The topological polar surface area (TPSA) is 74.3 Å². The summed E-state index contributed by atoms with van der Waals surface area (Å²) in [4.78, 5) is 33.4. The Morgan fingerprint density at radius 3 is 2.39 bits per heavy atom. The predicted molar refractivity (Wildman–Crippen MR) is 159 cm³/mol. The van der Waals surface area contributed by atoms with Crippen LogP contribution in [0.3, 0.4) is 0 Å². The van der Waals surface area contributed by atoms with Gasteiger partial charge in [0.15, 0.2) is 0 Å². The van der Waals surface area contributed by atoms with Crippen molar-refractivity contribution < 1.29 is 27.2 Å². The van der Waals surface area contributed by atoms with E-state index in [2.05, 4.69) is 15.6 Å². The van der Waals surface area contributed by atoms with Crippen molar-refractivity contribution in [3.63, 3.8) is 0 Å². The van der Waals surface area contributed by atoms with Crippen molar-refractivity contribution in [2.45, 2.75) is 82.6 Å². The second kappa shape index (κ2) is 12.2. The normalized spacial score (nSPS) is 23.8. The number of likely N-dealkylation sites (tertiary alicyclic amines) is 1. The molecule has 0 radical (unpaired) electrons. The summed E-state index contributed by atoms with van der Waals surface area (Å²) in [5.74, 6) is -2.36. The van der Waals surface area contributed by atoms with Crippen LogP contribution in [0.15, 0.2) is 60.8 Å². The molecule has 2 aliphatic carbocycles. The SMILES string of the molecule is Cc1cccc(F)c1C(=O)N1C2CCC[C@@H]2C[C@H](C(=O)Nc2ccnc(C(F)(F)F)c2)[C@@H]1c1ccc(NC2CCCC2)cc1. The standard InChI is InChI=1S/C34H36F4N4O2/c1-20-6-4-10-27(35)30(20)33(44)42-28-11-5-7-22(28)18-26(32(43)41-25-16-17-39-29(19-25)34(36,37)38)31(42)21-12-14-24(15-13-21)40-23-8-2-3-9-23/h4,6,10,12-17,19,22-23,26,28,31,40H,2-3,5,7-9,11,18H2,1H3,(H,39,41,43)/t22-,26+,28?,31+/m1/s1. The molecule has 2 N–H and O–H groups in total. The molecule has 2 aromatic carbocycles. The Balaban J connectivity index is 1.39. The zero-order chi connectivity index (χ0) is 31.0. The van der Waals surface area contributed by atoms with E-state index in [0.29, 0.717) is 18.0 Å². The molecule has 6 nitrogen and oxygen atoms in total. The molecule has 1 aromatic heterocycles.